The van der Waals surface area contributed by atoms with E-state index in [1.165, 1.54) is 0 Å². The van der Waals surface area contributed by atoms with Gasteiger partial charge >= 0.3 is 5.97 Å². The summed E-state index contributed by atoms with van der Waals surface area (Å²) in [5.74, 6) is 0.0164. The van der Waals surface area contributed by atoms with Crippen LogP contribution in [0.25, 0.3) is 0 Å². The number of carbonyl (C=O) groups excluding carboxylic acids is 1. The van der Waals surface area contributed by atoms with Crippen LogP contribution in [-0.4, -0.2) is 34.0 Å². The molecule has 1 atom stereocenters. The van der Waals surface area contributed by atoms with Gasteiger partial charge in [-0.2, -0.15) is 11.8 Å². The number of hydrogen-bond acceptors (Lipinski definition) is 3. The first kappa shape index (κ1) is 17.2. The summed E-state index contributed by atoms with van der Waals surface area (Å²) < 4.78 is 0. The lowest BCUT2D eigenvalue weighted by Gasteiger charge is -2.34. The maximum Gasteiger partial charge on any atom is 0.329 e. The third kappa shape index (κ3) is 3.96. The van der Waals surface area contributed by atoms with Crippen molar-refractivity contribution in [1.82, 2.24) is 5.32 Å². The van der Waals surface area contributed by atoms with Crippen LogP contribution >= 0.6 is 23.4 Å². The first-order valence-electron chi connectivity index (χ1n) is 7.31. The Morgan fingerprint density at radius 2 is 2.00 bits per heavy atom. The summed E-state index contributed by atoms with van der Waals surface area (Å²) in [4.78, 5) is 24.0. The van der Waals surface area contributed by atoms with E-state index in [1.807, 2.05) is 18.2 Å². The van der Waals surface area contributed by atoms with Gasteiger partial charge in [0.1, 0.15) is 5.54 Å². The molecule has 1 aromatic rings. The molecule has 1 aromatic carbocycles. The first-order valence-corrected chi connectivity index (χ1v) is 8.84. The quantitative estimate of drug-likeness (QED) is 0.864. The lowest BCUT2D eigenvalue weighted by atomic mass is 9.90. The molecule has 1 aliphatic heterocycles. The Kier molecular flexibility index (Phi) is 5.75. The lowest BCUT2D eigenvalue weighted by Crippen LogP contribution is -2.57. The summed E-state index contributed by atoms with van der Waals surface area (Å²) in [7, 11) is 0. The Balaban J connectivity index is 2.04. The number of rotatable bonds is 5. The number of carboxylic acids is 1. The fraction of sp³-hybridized carbons (Fsp3) is 0.500. The number of carboxylic acid groups (broad SMARTS) is 1. The molecule has 0 aliphatic carbocycles. The SMILES string of the molecule is CC(Cc1ccccc1Cl)C(=O)NC1(C(=O)O)CCSCC1. The number of amides is 1. The summed E-state index contributed by atoms with van der Waals surface area (Å²) in [5.41, 5.74) is -0.216. The van der Waals surface area contributed by atoms with E-state index < -0.39 is 11.5 Å². The van der Waals surface area contributed by atoms with Crippen LogP contribution in [0, 0.1) is 5.92 Å². The highest BCUT2D eigenvalue weighted by molar-refractivity contribution is 7.99. The number of halogens is 1. The minimum absolute atomic E-state index is 0.228. The van der Waals surface area contributed by atoms with Crippen LogP contribution in [-0.2, 0) is 16.0 Å². The number of nitrogens with one attached hydrogen (secondary N) is 1. The molecule has 0 bridgehead atoms. The van der Waals surface area contributed by atoms with E-state index in [2.05, 4.69) is 5.32 Å². The number of thioether (sulfide) groups is 1. The second-order valence-electron chi connectivity index (χ2n) is 5.69. The summed E-state index contributed by atoms with van der Waals surface area (Å²) in [6.45, 7) is 1.80. The maximum atomic E-state index is 12.4. The molecule has 0 spiro atoms. The number of benzene rings is 1. The third-order valence-electron chi connectivity index (χ3n) is 4.05. The van der Waals surface area contributed by atoms with E-state index >= 15 is 0 Å². The third-order valence-corrected chi connectivity index (χ3v) is 5.40. The second-order valence-corrected chi connectivity index (χ2v) is 7.32. The van der Waals surface area contributed by atoms with Crippen LogP contribution in [0.2, 0.25) is 5.02 Å². The molecule has 0 radical (unpaired) electrons. The van der Waals surface area contributed by atoms with Crippen LogP contribution in [0.15, 0.2) is 24.3 Å². The molecular weight excluding hydrogens is 322 g/mol. The van der Waals surface area contributed by atoms with Gasteiger partial charge in [0.05, 0.1) is 0 Å². The van der Waals surface area contributed by atoms with Gasteiger partial charge in [-0.3, -0.25) is 4.79 Å². The van der Waals surface area contributed by atoms with Gasteiger partial charge in [-0.25, -0.2) is 4.79 Å². The van der Waals surface area contributed by atoms with Crippen LogP contribution in [0.1, 0.15) is 25.3 Å². The standard InChI is InChI=1S/C16H20ClNO3S/c1-11(10-12-4-2-3-5-13(12)17)14(19)18-16(15(20)21)6-8-22-9-7-16/h2-5,11H,6-10H2,1H3,(H,18,19)(H,20,21). The highest BCUT2D eigenvalue weighted by Gasteiger charge is 2.41. The van der Waals surface area contributed by atoms with Crippen molar-refractivity contribution in [2.45, 2.75) is 31.7 Å². The van der Waals surface area contributed by atoms with Gasteiger partial charge in [0.2, 0.25) is 5.91 Å². The van der Waals surface area contributed by atoms with Crippen LogP contribution in [0.5, 0.6) is 0 Å². The Hall–Kier alpha value is -1.20. The molecule has 1 unspecified atom stereocenters. The predicted molar refractivity (Wildman–Crippen MR) is 89.4 cm³/mol. The van der Waals surface area contributed by atoms with Crippen molar-refractivity contribution in [2.24, 2.45) is 5.92 Å². The summed E-state index contributed by atoms with van der Waals surface area (Å²) in [6.07, 6.45) is 1.44. The number of hydrogen-bond donors (Lipinski definition) is 2. The smallest absolute Gasteiger partial charge is 0.329 e. The normalized spacial score (nSPS) is 18.5. The zero-order valence-electron chi connectivity index (χ0n) is 12.5. The molecule has 1 amide bonds. The van der Waals surface area contributed by atoms with Gasteiger partial charge in [0.15, 0.2) is 0 Å². The average molecular weight is 342 g/mol. The van der Waals surface area contributed by atoms with Crippen molar-refractivity contribution >= 4 is 35.2 Å². The maximum absolute atomic E-state index is 12.4. The Morgan fingerprint density at radius 3 is 2.59 bits per heavy atom. The van der Waals surface area contributed by atoms with Crippen LogP contribution in [0.4, 0.5) is 0 Å². The zero-order chi connectivity index (χ0) is 16.2. The second kappa shape index (κ2) is 7.38. The van der Waals surface area contributed by atoms with Crippen LogP contribution in [0.3, 0.4) is 0 Å². The lowest BCUT2D eigenvalue weighted by molar-refractivity contribution is -0.148. The monoisotopic (exact) mass is 341 g/mol. The van der Waals surface area contributed by atoms with E-state index in [0.29, 0.717) is 24.3 Å². The van der Waals surface area contributed by atoms with Crippen molar-refractivity contribution in [2.75, 3.05) is 11.5 Å². The van der Waals surface area contributed by atoms with Crippen molar-refractivity contribution < 1.29 is 14.7 Å². The van der Waals surface area contributed by atoms with Crippen molar-refractivity contribution in [3.63, 3.8) is 0 Å². The fourth-order valence-corrected chi connectivity index (χ4v) is 3.96. The topological polar surface area (TPSA) is 66.4 Å². The Bertz CT molecular complexity index is 558. The number of carbonyl (C=O) groups is 2. The van der Waals surface area contributed by atoms with Gasteiger partial charge in [0.25, 0.3) is 0 Å². The molecule has 0 saturated carbocycles. The molecule has 6 heteroatoms. The Labute approximate surface area is 139 Å². The van der Waals surface area contributed by atoms with Crippen molar-refractivity contribution in [3.05, 3.63) is 34.9 Å². The van der Waals surface area contributed by atoms with Gasteiger partial charge in [-0.1, -0.05) is 36.7 Å². The van der Waals surface area contributed by atoms with E-state index in [1.54, 1.807) is 24.8 Å². The Morgan fingerprint density at radius 1 is 1.36 bits per heavy atom. The van der Waals surface area contributed by atoms with Gasteiger partial charge in [0, 0.05) is 10.9 Å². The molecule has 22 heavy (non-hydrogen) atoms. The highest BCUT2D eigenvalue weighted by atomic mass is 35.5. The van der Waals surface area contributed by atoms with E-state index in [-0.39, 0.29) is 11.8 Å². The fourth-order valence-electron chi connectivity index (χ4n) is 2.56. The summed E-state index contributed by atoms with van der Waals surface area (Å²) in [6, 6.07) is 7.40. The van der Waals surface area contributed by atoms with Crippen molar-refractivity contribution in [1.29, 1.82) is 0 Å². The van der Waals surface area contributed by atoms with Crippen molar-refractivity contribution in [3.8, 4) is 0 Å². The molecule has 2 rings (SSSR count). The number of aliphatic carboxylic acids is 1. The highest BCUT2D eigenvalue weighted by Crippen LogP contribution is 2.28. The van der Waals surface area contributed by atoms with Gasteiger partial charge in [-0.15, -0.1) is 0 Å². The van der Waals surface area contributed by atoms with Gasteiger partial charge in [-0.05, 0) is 42.4 Å². The van der Waals surface area contributed by atoms with E-state index in [9.17, 15) is 14.7 Å². The van der Waals surface area contributed by atoms with E-state index in [4.69, 9.17) is 11.6 Å². The molecule has 4 nitrogen and oxygen atoms in total. The molecular formula is C16H20ClNO3S. The average Bonchev–Trinajstić information content (AvgIpc) is 2.50. The molecule has 2 N–H and O–H groups in total. The molecule has 0 aromatic heterocycles. The van der Waals surface area contributed by atoms with E-state index in [0.717, 1.165) is 17.1 Å². The zero-order valence-corrected chi connectivity index (χ0v) is 14.0. The van der Waals surface area contributed by atoms with Gasteiger partial charge < -0.3 is 10.4 Å². The predicted octanol–water partition coefficient (Wildman–Crippen LogP) is 2.99. The molecule has 1 saturated heterocycles. The minimum Gasteiger partial charge on any atom is -0.480 e. The molecule has 1 aliphatic rings. The van der Waals surface area contributed by atoms with Crippen LogP contribution < -0.4 is 5.32 Å². The largest absolute Gasteiger partial charge is 0.480 e. The minimum atomic E-state index is -1.11. The first-order chi connectivity index (χ1) is 10.4. The summed E-state index contributed by atoms with van der Waals surface area (Å²) >= 11 is 7.84. The molecule has 1 fully saturated rings. The molecule has 120 valence electrons. The molecule has 1 heterocycles. The summed E-state index contributed by atoms with van der Waals surface area (Å²) in [5, 5.41) is 12.9.